The summed E-state index contributed by atoms with van der Waals surface area (Å²) >= 11 is 0. The van der Waals surface area contributed by atoms with Crippen molar-refractivity contribution in [3.63, 3.8) is 0 Å². The maximum absolute atomic E-state index is 5.53. The van der Waals surface area contributed by atoms with Gasteiger partial charge in [-0.2, -0.15) is 10.2 Å². The molecular weight excluding hydrogens is 166 g/mol. The average molecular weight is 181 g/mol. The number of hydrogen-bond acceptors (Lipinski definition) is 3. The van der Waals surface area contributed by atoms with Gasteiger partial charge in [-0.25, -0.2) is 0 Å². The van der Waals surface area contributed by atoms with Crippen LogP contribution in [0.1, 0.15) is 31.3 Å². The summed E-state index contributed by atoms with van der Waals surface area (Å²) in [5.74, 6) is 5.32. The molecule has 0 fully saturated rings. The van der Waals surface area contributed by atoms with E-state index in [1.54, 1.807) is 0 Å². The standard InChI is InChI=1S/C8H15N5/c1-5(2)13-6(3)4-7(12-13)8(9)11-10/h4-5H,10H2,1-3H3,(H2,9,11). The van der Waals surface area contributed by atoms with E-state index in [1.165, 1.54) is 0 Å². The van der Waals surface area contributed by atoms with Crippen molar-refractivity contribution in [2.24, 2.45) is 16.7 Å². The van der Waals surface area contributed by atoms with Crippen molar-refractivity contribution in [1.29, 1.82) is 0 Å². The molecule has 0 amide bonds. The highest BCUT2D eigenvalue weighted by Crippen LogP contribution is 2.09. The predicted octanol–water partition coefficient (Wildman–Crippen LogP) is 0.351. The second-order valence-corrected chi connectivity index (χ2v) is 3.22. The quantitative estimate of drug-likeness (QED) is 0.299. The largest absolute Gasteiger partial charge is 0.380 e. The molecule has 0 bridgehead atoms. The van der Waals surface area contributed by atoms with Crippen LogP contribution < -0.4 is 11.6 Å². The van der Waals surface area contributed by atoms with E-state index in [2.05, 4.69) is 24.0 Å². The molecule has 5 nitrogen and oxygen atoms in total. The average Bonchev–Trinajstić information content (AvgIpc) is 2.46. The number of rotatable bonds is 2. The van der Waals surface area contributed by atoms with E-state index < -0.39 is 0 Å². The van der Waals surface area contributed by atoms with Crippen molar-refractivity contribution in [2.75, 3.05) is 0 Å². The third-order valence-corrected chi connectivity index (χ3v) is 1.81. The summed E-state index contributed by atoms with van der Waals surface area (Å²) in [6, 6.07) is 2.19. The normalized spacial score (nSPS) is 12.5. The number of hydrogen-bond donors (Lipinski definition) is 2. The summed E-state index contributed by atoms with van der Waals surface area (Å²) in [5, 5.41) is 7.65. The molecule has 0 radical (unpaired) electrons. The van der Waals surface area contributed by atoms with Gasteiger partial charge in [0.15, 0.2) is 5.84 Å². The van der Waals surface area contributed by atoms with Crippen LogP contribution in [0.15, 0.2) is 11.2 Å². The van der Waals surface area contributed by atoms with E-state index in [0.717, 1.165) is 5.69 Å². The highest BCUT2D eigenvalue weighted by Gasteiger charge is 2.08. The Kier molecular flexibility index (Phi) is 2.55. The molecule has 1 aromatic heterocycles. The highest BCUT2D eigenvalue weighted by molar-refractivity contribution is 5.95. The van der Waals surface area contributed by atoms with Crippen LogP contribution in [0.5, 0.6) is 0 Å². The molecule has 0 aliphatic heterocycles. The Morgan fingerprint density at radius 2 is 2.23 bits per heavy atom. The summed E-state index contributed by atoms with van der Waals surface area (Å²) in [6.45, 7) is 6.08. The van der Waals surface area contributed by atoms with Gasteiger partial charge in [0.25, 0.3) is 0 Å². The van der Waals surface area contributed by atoms with Gasteiger partial charge in [-0.1, -0.05) is 0 Å². The third kappa shape index (κ3) is 1.80. The third-order valence-electron chi connectivity index (χ3n) is 1.81. The van der Waals surface area contributed by atoms with E-state index in [9.17, 15) is 0 Å². The van der Waals surface area contributed by atoms with Crippen LogP contribution in [0, 0.1) is 6.92 Å². The van der Waals surface area contributed by atoms with Crippen molar-refractivity contribution >= 4 is 5.84 Å². The monoisotopic (exact) mass is 181 g/mol. The van der Waals surface area contributed by atoms with Crippen molar-refractivity contribution in [3.05, 3.63) is 17.5 Å². The molecule has 0 saturated carbocycles. The summed E-state index contributed by atoms with van der Waals surface area (Å²) in [6.07, 6.45) is 0. The molecule has 1 aromatic rings. The van der Waals surface area contributed by atoms with Crippen LogP contribution in [-0.4, -0.2) is 15.6 Å². The maximum Gasteiger partial charge on any atom is 0.170 e. The fourth-order valence-electron chi connectivity index (χ4n) is 1.20. The molecule has 0 spiro atoms. The van der Waals surface area contributed by atoms with Crippen molar-refractivity contribution in [2.45, 2.75) is 26.8 Å². The summed E-state index contributed by atoms with van der Waals surface area (Å²) in [7, 11) is 0. The lowest BCUT2D eigenvalue weighted by molar-refractivity contribution is 0.518. The molecule has 0 aliphatic carbocycles. The lowest BCUT2D eigenvalue weighted by Gasteiger charge is -2.06. The van der Waals surface area contributed by atoms with Gasteiger partial charge >= 0.3 is 0 Å². The Balaban J connectivity index is 3.09. The first-order valence-electron chi connectivity index (χ1n) is 4.16. The maximum atomic E-state index is 5.53. The van der Waals surface area contributed by atoms with Crippen molar-refractivity contribution < 1.29 is 0 Å². The fraction of sp³-hybridized carbons (Fsp3) is 0.500. The number of aryl methyl sites for hydroxylation is 1. The number of aromatic nitrogens is 2. The van der Waals surface area contributed by atoms with Crippen LogP contribution in [0.3, 0.4) is 0 Å². The summed E-state index contributed by atoms with van der Waals surface area (Å²) in [5.41, 5.74) is 7.21. The Bertz CT molecular complexity index is 323. The minimum absolute atomic E-state index is 0.266. The SMILES string of the molecule is Cc1cc(C(N)=NN)nn1C(C)C. The summed E-state index contributed by atoms with van der Waals surface area (Å²) < 4.78 is 1.88. The minimum Gasteiger partial charge on any atom is -0.380 e. The smallest absolute Gasteiger partial charge is 0.170 e. The van der Waals surface area contributed by atoms with Gasteiger partial charge in [-0.15, -0.1) is 0 Å². The van der Waals surface area contributed by atoms with E-state index in [1.807, 2.05) is 17.7 Å². The number of hydrazone groups is 1. The number of nitrogens with zero attached hydrogens (tertiary/aromatic N) is 3. The lowest BCUT2D eigenvalue weighted by atomic mass is 10.3. The van der Waals surface area contributed by atoms with Gasteiger partial charge in [-0.05, 0) is 26.8 Å². The first-order chi connectivity index (χ1) is 6.06. The van der Waals surface area contributed by atoms with Crippen molar-refractivity contribution in [1.82, 2.24) is 9.78 Å². The topological polar surface area (TPSA) is 82.2 Å². The molecule has 0 aliphatic rings. The second kappa shape index (κ2) is 3.47. The van der Waals surface area contributed by atoms with Crippen LogP contribution in [-0.2, 0) is 0 Å². The van der Waals surface area contributed by atoms with Crippen LogP contribution in [0.4, 0.5) is 0 Å². The van der Waals surface area contributed by atoms with Gasteiger partial charge in [0.2, 0.25) is 0 Å². The zero-order valence-electron chi connectivity index (χ0n) is 8.15. The molecular formula is C8H15N5. The molecule has 0 saturated heterocycles. The van der Waals surface area contributed by atoms with Gasteiger partial charge in [-0.3, -0.25) is 4.68 Å². The fourth-order valence-corrected chi connectivity index (χ4v) is 1.20. The molecule has 13 heavy (non-hydrogen) atoms. The number of nitrogens with two attached hydrogens (primary N) is 2. The Labute approximate surface area is 77.4 Å². The van der Waals surface area contributed by atoms with Gasteiger partial charge < -0.3 is 11.6 Å². The van der Waals surface area contributed by atoms with Crippen LogP contribution in [0.2, 0.25) is 0 Å². The van der Waals surface area contributed by atoms with E-state index in [0.29, 0.717) is 11.7 Å². The van der Waals surface area contributed by atoms with E-state index in [4.69, 9.17) is 11.6 Å². The summed E-state index contributed by atoms with van der Waals surface area (Å²) in [4.78, 5) is 0. The van der Waals surface area contributed by atoms with E-state index in [-0.39, 0.29) is 5.84 Å². The molecule has 1 rings (SSSR count). The van der Waals surface area contributed by atoms with Crippen LogP contribution >= 0.6 is 0 Å². The zero-order chi connectivity index (χ0) is 10.0. The second-order valence-electron chi connectivity index (χ2n) is 3.22. The minimum atomic E-state index is 0.266. The predicted molar refractivity (Wildman–Crippen MR) is 52.3 cm³/mol. The van der Waals surface area contributed by atoms with Crippen molar-refractivity contribution in [3.8, 4) is 0 Å². The van der Waals surface area contributed by atoms with Gasteiger partial charge in [0.05, 0.1) is 0 Å². The van der Waals surface area contributed by atoms with E-state index >= 15 is 0 Å². The molecule has 1 heterocycles. The zero-order valence-corrected chi connectivity index (χ0v) is 8.15. The molecule has 72 valence electrons. The molecule has 0 atom stereocenters. The first-order valence-corrected chi connectivity index (χ1v) is 4.16. The molecule has 4 N–H and O–H groups in total. The first kappa shape index (κ1) is 9.57. The Morgan fingerprint density at radius 1 is 1.62 bits per heavy atom. The molecule has 0 aromatic carbocycles. The molecule has 0 unspecified atom stereocenters. The van der Waals surface area contributed by atoms with Gasteiger partial charge in [0, 0.05) is 11.7 Å². The molecule has 5 heteroatoms. The van der Waals surface area contributed by atoms with Gasteiger partial charge in [0.1, 0.15) is 5.69 Å². The Morgan fingerprint density at radius 3 is 2.62 bits per heavy atom. The van der Waals surface area contributed by atoms with Crippen LogP contribution in [0.25, 0.3) is 0 Å². The Hall–Kier alpha value is -1.52. The number of amidine groups is 1. The highest BCUT2D eigenvalue weighted by atomic mass is 15.3. The lowest BCUT2D eigenvalue weighted by Crippen LogP contribution is -2.17.